The minimum Gasteiger partial charge on any atom is -0.480 e. The molecule has 0 amide bonds. The Bertz CT molecular complexity index is 1600. The van der Waals surface area contributed by atoms with E-state index in [0.29, 0.717) is 0 Å². The van der Waals surface area contributed by atoms with Gasteiger partial charge in [-0.15, -0.1) is 0 Å². The number of carboxylic acids is 1. The highest BCUT2D eigenvalue weighted by Gasteiger charge is 2.09. The Hall–Kier alpha value is -4.09. The first-order chi connectivity index (χ1) is 15.2. The number of rotatable bonds is 1. The molecule has 0 saturated carbocycles. The third-order valence-corrected chi connectivity index (χ3v) is 5.40. The van der Waals surface area contributed by atoms with Crippen molar-refractivity contribution in [3.63, 3.8) is 0 Å². The maximum atomic E-state index is 9.24. The van der Waals surface area contributed by atoms with Crippen LogP contribution in [0.5, 0.6) is 0 Å². The second kappa shape index (κ2) is 7.63. The Morgan fingerprint density at radius 3 is 1.97 bits per heavy atom. The van der Waals surface area contributed by atoms with Gasteiger partial charge in [-0.1, -0.05) is 66.7 Å². The average Bonchev–Trinajstić information content (AvgIpc) is 2.82. The Morgan fingerprint density at radius 2 is 1.19 bits per heavy atom. The molecule has 0 aliphatic heterocycles. The summed E-state index contributed by atoms with van der Waals surface area (Å²) >= 11 is 0. The van der Waals surface area contributed by atoms with Gasteiger partial charge in [-0.3, -0.25) is 4.79 Å². The van der Waals surface area contributed by atoms with Gasteiger partial charge in [-0.25, -0.2) is 9.97 Å². The van der Waals surface area contributed by atoms with Crippen molar-refractivity contribution >= 4 is 60.4 Å². The van der Waals surface area contributed by atoms with Crippen molar-refractivity contribution in [2.75, 3.05) is 6.54 Å². The van der Waals surface area contributed by atoms with Gasteiger partial charge in [0.2, 0.25) is 0 Å². The number of carbonyl (C=O) groups is 1. The van der Waals surface area contributed by atoms with Gasteiger partial charge < -0.3 is 10.8 Å². The molecule has 0 spiro atoms. The summed E-state index contributed by atoms with van der Waals surface area (Å²) in [6.07, 6.45) is 0. The minimum absolute atomic E-state index is 0.278. The first-order valence-corrected chi connectivity index (χ1v) is 9.97. The van der Waals surface area contributed by atoms with Crippen LogP contribution in [0.2, 0.25) is 0 Å². The van der Waals surface area contributed by atoms with Crippen molar-refractivity contribution in [2.24, 2.45) is 5.73 Å². The Labute approximate surface area is 177 Å². The van der Waals surface area contributed by atoms with Crippen LogP contribution in [0.4, 0.5) is 0 Å². The van der Waals surface area contributed by atoms with Gasteiger partial charge in [-0.05, 0) is 45.1 Å². The molecule has 0 saturated heterocycles. The fraction of sp³-hybridized carbons (Fsp3) is 0.0385. The van der Waals surface area contributed by atoms with Crippen LogP contribution in [0, 0.1) is 0 Å². The van der Waals surface area contributed by atoms with E-state index in [0.717, 1.165) is 27.5 Å². The molecule has 0 bridgehead atoms. The number of hydrogen-bond donors (Lipinski definition) is 2. The first kappa shape index (κ1) is 18.9. The first-order valence-electron chi connectivity index (χ1n) is 9.97. The van der Waals surface area contributed by atoms with Crippen LogP contribution in [0.1, 0.15) is 0 Å². The van der Waals surface area contributed by atoms with E-state index in [1.807, 2.05) is 24.3 Å². The van der Waals surface area contributed by atoms with E-state index in [4.69, 9.17) is 15.1 Å². The molecule has 31 heavy (non-hydrogen) atoms. The SMILES string of the molecule is NCC(=O)O.c1ccc2c(c1)ccc1c2ccc2c1ccc1nc3ccccc3nc12. The van der Waals surface area contributed by atoms with E-state index < -0.39 is 5.97 Å². The predicted octanol–water partition coefficient (Wildman–Crippen LogP) is 5.27. The number of aliphatic carboxylic acids is 1. The van der Waals surface area contributed by atoms with Crippen molar-refractivity contribution in [2.45, 2.75) is 0 Å². The zero-order valence-corrected chi connectivity index (χ0v) is 16.6. The van der Waals surface area contributed by atoms with Crippen molar-refractivity contribution in [3.05, 3.63) is 84.9 Å². The quantitative estimate of drug-likeness (QED) is 0.287. The highest BCUT2D eigenvalue weighted by molar-refractivity contribution is 6.21. The molecular formula is C26H19N3O2. The summed E-state index contributed by atoms with van der Waals surface area (Å²) in [7, 11) is 0. The van der Waals surface area contributed by atoms with Gasteiger partial charge in [-0.2, -0.15) is 0 Å². The summed E-state index contributed by atoms with van der Waals surface area (Å²) in [5, 5.41) is 15.1. The number of benzene rings is 5. The lowest BCUT2D eigenvalue weighted by molar-refractivity contribution is -0.135. The average molecular weight is 405 g/mol. The molecule has 5 nitrogen and oxygen atoms in total. The molecule has 0 unspecified atom stereocenters. The van der Waals surface area contributed by atoms with Crippen molar-refractivity contribution in [1.82, 2.24) is 9.97 Å². The summed E-state index contributed by atoms with van der Waals surface area (Å²) in [5.41, 5.74) is 8.35. The number of nitrogens with two attached hydrogens (primary N) is 1. The fourth-order valence-corrected chi connectivity index (χ4v) is 3.99. The van der Waals surface area contributed by atoms with E-state index in [-0.39, 0.29) is 6.54 Å². The molecule has 6 rings (SSSR count). The lowest BCUT2D eigenvalue weighted by Crippen LogP contribution is -2.10. The second-order valence-electron chi connectivity index (χ2n) is 7.29. The Kier molecular flexibility index (Phi) is 4.65. The standard InChI is InChI=1S/C24H14N2.C2H5NO2/c1-2-6-16-15(5-1)9-10-18-17(16)11-12-20-19(18)13-14-23-24(20)26-22-8-4-3-7-21(22)25-23;3-1-2(4)5/h1-14H;1,3H2,(H,4,5). The van der Waals surface area contributed by atoms with Crippen molar-refractivity contribution in [1.29, 1.82) is 0 Å². The van der Waals surface area contributed by atoms with Gasteiger partial charge in [0.25, 0.3) is 0 Å². The monoisotopic (exact) mass is 405 g/mol. The van der Waals surface area contributed by atoms with E-state index in [1.165, 1.54) is 26.9 Å². The van der Waals surface area contributed by atoms with Crippen LogP contribution in [0.15, 0.2) is 84.9 Å². The van der Waals surface area contributed by atoms with Gasteiger partial charge in [0, 0.05) is 5.39 Å². The number of para-hydroxylation sites is 2. The zero-order valence-electron chi connectivity index (χ0n) is 16.6. The number of hydrogen-bond acceptors (Lipinski definition) is 4. The number of aromatic nitrogens is 2. The summed E-state index contributed by atoms with van der Waals surface area (Å²) in [4.78, 5) is 19.0. The number of fused-ring (bicyclic) bond motifs is 8. The zero-order chi connectivity index (χ0) is 21.4. The number of nitrogens with zero attached hydrogens (tertiary/aromatic N) is 2. The van der Waals surface area contributed by atoms with Gasteiger partial charge >= 0.3 is 5.97 Å². The molecule has 0 aliphatic rings. The van der Waals surface area contributed by atoms with E-state index in [1.54, 1.807) is 0 Å². The lowest BCUT2D eigenvalue weighted by Gasteiger charge is -2.09. The van der Waals surface area contributed by atoms with Gasteiger partial charge in [0.15, 0.2) is 0 Å². The molecule has 1 aromatic heterocycles. The topological polar surface area (TPSA) is 89.1 Å². The Balaban J connectivity index is 0.000000371. The summed E-state index contributed by atoms with van der Waals surface area (Å²) in [5.74, 6) is -0.968. The highest BCUT2D eigenvalue weighted by atomic mass is 16.4. The smallest absolute Gasteiger partial charge is 0.317 e. The molecule has 3 N–H and O–H groups in total. The Morgan fingerprint density at radius 1 is 0.645 bits per heavy atom. The lowest BCUT2D eigenvalue weighted by atomic mass is 9.96. The number of carboxylic acid groups (broad SMARTS) is 1. The van der Waals surface area contributed by atoms with E-state index in [2.05, 4.69) is 66.4 Å². The predicted molar refractivity (Wildman–Crippen MR) is 126 cm³/mol. The molecule has 5 aromatic carbocycles. The van der Waals surface area contributed by atoms with E-state index in [9.17, 15) is 4.79 Å². The van der Waals surface area contributed by atoms with Gasteiger partial charge in [0.05, 0.1) is 28.6 Å². The van der Waals surface area contributed by atoms with Crippen molar-refractivity contribution < 1.29 is 9.90 Å². The van der Waals surface area contributed by atoms with Crippen LogP contribution in [-0.4, -0.2) is 27.6 Å². The maximum absolute atomic E-state index is 9.24. The van der Waals surface area contributed by atoms with Crippen LogP contribution < -0.4 is 5.73 Å². The molecule has 1 heterocycles. The second-order valence-corrected chi connectivity index (χ2v) is 7.29. The summed E-state index contributed by atoms with van der Waals surface area (Å²) in [6, 6.07) is 29.7. The highest BCUT2D eigenvalue weighted by Crippen LogP contribution is 2.34. The third-order valence-electron chi connectivity index (χ3n) is 5.40. The largest absolute Gasteiger partial charge is 0.480 e. The summed E-state index contributed by atoms with van der Waals surface area (Å²) in [6.45, 7) is -0.278. The van der Waals surface area contributed by atoms with Crippen LogP contribution in [-0.2, 0) is 4.79 Å². The maximum Gasteiger partial charge on any atom is 0.317 e. The molecule has 0 radical (unpaired) electrons. The molecular weight excluding hydrogens is 386 g/mol. The molecule has 5 heteroatoms. The normalized spacial score (nSPS) is 11.1. The van der Waals surface area contributed by atoms with Crippen LogP contribution in [0.3, 0.4) is 0 Å². The van der Waals surface area contributed by atoms with Crippen LogP contribution in [0.25, 0.3) is 54.4 Å². The molecule has 0 aliphatic carbocycles. The van der Waals surface area contributed by atoms with E-state index >= 15 is 0 Å². The van der Waals surface area contributed by atoms with Crippen LogP contribution >= 0.6 is 0 Å². The van der Waals surface area contributed by atoms with Gasteiger partial charge in [0.1, 0.15) is 0 Å². The molecule has 6 aromatic rings. The fourth-order valence-electron chi connectivity index (χ4n) is 3.99. The van der Waals surface area contributed by atoms with Crippen molar-refractivity contribution in [3.8, 4) is 0 Å². The molecule has 0 fully saturated rings. The molecule has 0 atom stereocenters. The minimum atomic E-state index is -0.968. The third kappa shape index (κ3) is 3.31. The molecule has 150 valence electrons. The summed E-state index contributed by atoms with van der Waals surface area (Å²) < 4.78 is 0.